The first kappa shape index (κ1) is 17.3. The summed E-state index contributed by atoms with van der Waals surface area (Å²) in [6.07, 6.45) is 0.735. The Morgan fingerprint density at radius 2 is 1.92 bits per heavy atom. The Balaban J connectivity index is 1.90. The molecule has 130 valence electrons. The predicted octanol–water partition coefficient (Wildman–Crippen LogP) is 3.62. The van der Waals surface area contributed by atoms with Crippen LogP contribution < -0.4 is 9.64 Å². The number of hydrogen-bond donors (Lipinski definition) is 1. The molecule has 0 atom stereocenters. The van der Waals surface area contributed by atoms with Crippen LogP contribution in [0.15, 0.2) is 30.3 Å². The van der Waals surface area contributed by atoms with E-state index in [4.69, 9.17) is 21.4 Å². The summed E-state index contributed by atoms with van der Waals surface area (Å²) in [5.74, 6) is -0.634. The van der Waals surface area contributed by atoms with Gasteiger partial charge in [-0.25, -0.2) is 4.79 Å². The molecule has 1 N–H and O–H groups in total. The Morgan fingerprint density at radius 1 is 1.24 bits per heavy atom. The Bertz CT molecular complexity index is 839. The van der Waals surface area contributed by atoms with Gasteiger partial charge in [0, 0.05) is 22.8 Å². The summed E-state index contributed by atoms with van der Waals surface area (Å²) in [6.45, 7) is 3.78. The molecular formula is C19H18ClNO4. The van der Waals surface area contributed by atoms with Crippen molar-refractivity contribution in [2.75, 3.05) is 18.1 Å². The number of fused-ring (bicyclic) bond motifs is 1. The van der Waals surface area contributed by atoms with Crippen molar-refractivity contribution in [3.63, 3.8) is 0 Å². The average Bonchev–Trinajstić information content (AvgIpc) is 2.98. The van der Waals surface area contributed by atoms with Gasteiger partial charge in [-0.1, -0.05) is 17.7 Å². The Labute approximate surface area is 150 Å². The van der Waals surface area contributed by atoms with E-state index in [-0.39, 0.29) is 5.91 Å². The van der Waals surface area contributed by atoms with Crippen LogP contribution in [0.3, 0.4) is 0 Å². The highest BCUT2D eigenvalue weighted by atomic mass is 35.5. The molecule has 1 aliphatic heterocycles. The quantitative estimate of drug-likeness (QED) is 0.905. The number of hydrogen-bond acceptors (Lipinski definition) is 3. The standard InChI is InChI=1S/C19H18ClNO4/c1-11-8-13(9-12(2)18(11)25-10-17(22)23)19(24)21-7-6-14-15(20)4-3-5-16(14)21/h3-5,8-9H,6-7,10H2,1-2H3,(H,22,23). The first-order chi connectivity index (χ1) is 11.9. The van der Waals surface area contributed by atoms with Crippen LogP contribution in [0, 0.1) is 13.8 Å². The molecule has 6 heteroatoms. The number of anilines is 1. The normalized spacial score (nSPS) is 12.8. The minimum Gasteiger partial charge on any atom is -0.481 e. The fourth-order valence-corrected chi connectivity index (χ4v) is 3.46. The second-order valence-corrected chi connectivity index (χ2v) is 6.47. The lowest BCUT2D eigenvalue weighted by atomic mass is 10.0. The molecule has 0 aromatic heterocycles. The predicted molar refractivity (Wildman–Crippen MR) is 95.9 cm³/mol. The van der Waals surface area contributed by atoms with Gasteiger partial charge in [0.05, 0.1) is 0 Å². The summed E-state index contributed by atoms with van der Waals surface area (Å²) in [6, 6.07) is 9.03. The minimum absolute atomic E-state index is 0.1000. The van der Waals surface area contributed by atoms with Gasteiger partial charge in [-0.05, 0) is 61.2 Å². The zero-order valence-corrected chi connectivity index (χ0v) is 14.8. The molecule has 0 radical (unpaired) electrons. The van der Waals surface area contributed by atoms with Gasteiger partial charge in [0.25, 0.3) is 5.91 Å². The van der Waals surface area contributed by atoms with Crippen LogP contribution in [-0.2, 0) is 11.2 Å². The fourth-order valence-electron chi connectivity index (χ4n) is 3.19. The molecule has 0 saturated heterocycles. The van der Waals surface area contributed by atoms with Gasteiger partial charge < -0.3 is 14.7 Å². The third-order valence-corrected chi connectivity index (χ3v) is 4.62. The van der Waals surface area contributed by atoms with Crippen molar-refractivity contribution < 1.29 is 19.4 Å². The second kappa shape index (κ2) is 6.76. The molecule has 5 nitrogen and oxygen atoms in total. The molecule has 0 aliphatic carbocycles. The lowest BCUT2D eigenvalue weighted by Gasteiger charge is -2.19. The number of rotatable bonds is 4. The van der Waals surface area contributed by atoms with Crippen molar-refractivity contribution in [3.8, 4) is 5.75 Å². The van der Waals surface area contributed by atoms with Crippen LogP contribution in [0.1, 0.15) is 27.0 Å². The summed E-state index contributed by atoms with van der Waals surface area (Å²) < 4.78 is 5.32. The number of benzene rings is 2. The molecule has 1 amide bonds. The van der Waals surface area contributed by atoms with Crippen molar-refractivity contribution in [1.29, 1.82) is 0 Å². The van der Waals surface area contributed by atoms with Gasteiger partial charge in [0.2, 0.25) is 0 Å². The third kappa shape index (κ3) is 3.33. The van der Waals surface area contributed by atoms with Gasteiger partial charge in [-0.2, -0.15) is 0 Å². The highest BCUT2D eigenvalue weighted by molar-refractivity contribution is 6.32. The number of aryl methyl sites for hydroxylation is 2. The summed E-state index contributed by atoms with van der Waals surface area (Å²) in [7, 11) is 0. The monoisotopic (exact) mass is 359 g/mol. The number of carbonyl (C=O) groups excluding carboxylic acids is 1. The van der Waals surface area contributed by atoms with Crippen LogP contribution in [-0.4, -0.2) is 30.1 Å². The van der Waals surface area contributed by atoms with Crippen molar-refractivity contribution in [2.24, 2.45) is 0 Å². The molecule has 3 rings (SSSR count). The van der Waals surface area contributed by atoms with Crippen LogP contribution in [0.5, 0.6) is 5.75 Å². The summed E-state index contributed by atoms with van der Waals surface area (Å²) >= 11 is 6.21. The Kier molecular flexibility index (Phi) is 4.68. The van der Waals surface area contributed by atoms with E-state index in [0.29, 0.717) is 22.9 Å². The number of amides is 1. The summed E-state index contributed by atoms with van der Waals surface area (Å²) in [5.41, 5.74) is 3.85. The van der Waals surface area contributed by atoms with Crippen LogP contribution in [0.4, 0.5) is 5.69 Å². The number of carboxylic acid groups (broad SMARTS) is 1. The van der Waals surface area contributed by atoms with E-state index in [1.54, 1.807) is 30.9 Å². The Hall–Kier alpha value is -2.53. The number of nitrogens with zero attached hydrogens (tertiary/aromatic N) is 1. The van der Waals surface area contributed by atoms with Crippen molar-refractivity contribution in [2.45, 2.75) is 20.3 Å². The molecule has 2 aromatic carbocycles. The molecule has 1 aliphatic rings. The topological polar surface area (TPSA) is 66.8 Å². The zero-order valence-electron chi connectivity index (χ0n) is 14.0. The molecular weight excluding hydrogens is 342 g/mol. The van der Waals surface area contributed by atoms with Crippen LogP contribution >= 0.6 is 11.6 Å². The third-order valence-electron chi connectivity index (χ3n) is 4.26. The maximum absolute atomic E-state index is 13.0. The van der Waals surface area contributed by atoms with Crippen molar-refractivity contribution in [3.05, 3.63) is 57.6 Å². The molecule has 0 unspecified atom stereocenters. The van der Waals surface area contributed by atoms with E-state index >= 15 is 0 Å². The molecule has 0 bridgehead atoms. The van der Waals surface area contributed by atoms with E-state index in [1.165, 1.54) is 0 Å². The van der Waals surface area contributed by atoms with Crippen LogP contribution in [0.25, 0.3) is 0 Å². The summed E-state index contributed by atoms with van der Waals surface area (Å²) in [5, 5.41) is 9.44. The maximum atomic E-state index is 13.0. The zero-order chi connectivity index (χ0) is 18.1. The van der Waals surface area contributed by atoms with Gasteiger partial charge in [0.1, 0.15) is 5.75 Å². The smallest absolute Gasteiger partial charge is 0.341 e. The number of carboxylic acids is 1. The van der Waals surface area contributed by atoms with Gasteiger partial charge in [0.15, 0.2) is 6.61 Å². The van der Waals surface area contributed by atoms with E-state index < -0.39 is 12.6 Å². The number of halogens is 1. The first-order valence-electron chi connectivity index (χ1n) is 7.93. The average molecular weight is 360 g/mol. The van der Waals surface area contributed by atoms with Gasteiger partial charge in [-0.15, -0.1) is 0 Å². The highest BCUT2D eigenvalue weighted by Gasteiger charge is 2.27. The van der Waals surface area contributed by atoms with E-state index in [1.807, 2.05) is 18.2 Å². The lowest BCUT2D eigenvalue weighted by Crippen LogP contribution is -2.29. The van der Waals surface area contributed by atoms with E-state index in [9.17, 15) is 9.59 Å². The van der Waals surface area contributed by atoms with Crippen LogP contribution in [0.2, 0.25) is 5.02 Å². The van der Waals surface area contributed by atoms with Gasteiger partial charge in [-0.3, -0.25) is 4.79 Å². The highest BCUT2D eigenvalue weighted by Crippen LogP contribution is 2.35. The van der Waals surface area contributed by atoms with E-state index in [0.717, 1.165) is 28.8 Å². The second-order valence-electron chi connectivity index (χ2n) is 6.07. The number of ether oxygens (including phenoxy) is 1. The molecule has 1 heterocycles. The Morgan fingerprint density at radius 3 is 2.56 bits per heavy atom. The SMILES string of the molecule is Cc1cc(C(=O)N2CCc3c(Cl)cccc32)cc(C)c1OCC(=O)O. The minimum atomic E-state index is -1.04. The number of aliphatic carboxylic acids is 1. The molecule has 0 spiro atoms. The largest absolute Gasteiger partial charge is 0.481 e. The fraction of sp³-hybridized carbons (Fsp3) is 0.263. The maximum Gasteiger partial charge on any atom is 0.341 e. The lowest BCUT2D eigenvalue weighted by molar-refractivity contribution is -0.139. The van der Waals surface area contributed by atoms with E-state index in [2.05, 4.69) is 0 Å². The number of carbonyl (C=O) groups is 2. The van der Waals surface area contributed by atoms with Gasteiger partial charge >= 0.3 is 5.97 Å². The van der Waals surface area contributed by atoms with Crippen molar-refractivity contribution in [1.82, 2.24) is 0 Å². The molecule has 0 fully saturated rings. The molecule has 2 aromatic rings. The van der Waals surface area contributed by atoms with Crippen molar-refractivity contribution >= 4 is 29.2 Å². The first-order valence-corrected chi connectivity index (χ1v) is 8.31. The molecule has 0 saturated carbocycles. The summed E-state index contributed by atoms with van der Waals surface area (Å²) in [4.78, 5) is 25.4. The molecule has 25 heavy (non-hydrogen) atoms.